The SMILES string of the molecule is CCOC(=O)/C=C(\C)C(F)(C(F)(F)F)C(F)(F)F. The standard InChI is InChI=1S/C9H9F7O2/c1-3-18-6(17)4-5(2)7(10,8(11,12)13)9(14,15)16/h4H,3H2,1-2H3/b5-4+. The molecule has 0 amide bonds. The number of carbonyl (C=O) groups is 1. The molecule has 18 heavy (non-hydrogen) atoms. The summed E-state index contributed by atoms with van der Waals surface area (Å²) in [4.78, 5) is 10.8. The van der Waals surface area contributed by atoms with Crippen LogP contribution in [-0.4, -0.2) is 30.6 Å². The fourth-order valence-electron chi connectivity index (χ4n) is 1.07. The molecule has 0 rings (SSSR count). The number of halogens is 7. The van der Waals surface area contributed by atoms with E-state index in [1.807, 2.05) is 0 Å². The predicted octanol–water partition coefficient (Wildman–Crippen LogP) is 3.33. The number of esters is 1. The fraction of sp³-hybridized carbons (Fsp3) is 0.667. The number of hydrogen-bond acceptors (Lipinski definition) is 2. The van der Waals surface area contributed by atoms with Gasteiger partial charge in [0.15, 0.2) is 0 Å². The largest absolute Gasteiger partial charge is 0.463 e. The zero-order chi connectivity index (χ0) is 14.8. The molecular weight excluding hydrogens is 273 g/mol. The number of allylic oxidation sites excluding steroid dienone is 1. The van der Waals surface area contributed by atoms with Crippen LogP contribution in [0.4, 0.5) is 30.7 Å². The van der Waals surface area contributed by atoms with Crippen LogP contribution in [0.25, 0.3) is 0 Å². The van der Waals surface area contributed by atoms with E-state index < -0.39 is 29.6 Å². The number of rotatable bonds is 3. The van der Waals surface area contributed by atoms with Crippen LogP contribution in [0.2, 0.25) is 0 Å². The average molecular weight is 282 g/mol. The molecule has 0 aliphatic heterocycles. The molecule has 0 fully saturated rings. The van der Waals surface area contributed by atoms with Crippen LogP contribution in [0.5, 0.6) is 0 Å². The molecule has 0 aromatic heterocycles. The van der Waals surface area contributed by atoms with Gasteiger partial charge < -0.3 is 4.74 Å². The van der Waals surface area contributed by atoms with Crippen molar-refractivity contribution >= 4 is 5.97 Å². The third-order valence-corrected chi connectivity index (χ3v) is 1.95. The van der Waals surface area contributed by atoms with E-state index in [1.54, 1.807) is 0 Å². The molecule has 0 unspecified atom stereocenters. The van der Waals surface area contributed by atoms with Gasteiger partial charge in [0.2, 0.25) is 0 Å². The Hall–Kier alpha value is -1.28. The third kappa shape index (κ3) is 3.14. The summed E-state index contributed by atoms with van der Waals surface area (Å²) in [5, 5.41) is 0. The second kappa shape index (κ2) is 5.15. The minimum atomic E-state index is -6.22. The summed E-state index contributed by atoms with van der Waals surface area (Å²) in [5.74, 6) is -1.48. The zero-order valence-electron chi connectivity index (χ0n) is 9.25. The minimum absolute atomic E-state index is 0.162. The average Bonchev–Trinajstić information content (AvgIpc) is 2.12. The van der Waals surface area contributed by atoms with Crippen molar-refractivity contribution in [2.75, 3.05) is 6.61 Å². The van der Waals surface area contributed by atoms with Gasteiger partial charge in [0.05, 0.1) is 6.61 Å². The molecule has 9 heteroatoms. The first-order valence-corrected chi connectivity index (χ1v) is 4.55. The molecular formula is C9H9F7O2. The number of alkyl halides is 7. The summed E-state index contributed by atoms with van der Waals surface area (Å²) in [5.41, 5.74) is -7.41. The van der Waals surface area contributed by atoms with Crippen molar-refractivity contribution in [1.82, 2.24) is 0 Å². The van der Waals surface area contributed by atoms with Crippen molar-refractivity contribution < 1.29 is 40.3 Å². The van der Waals surface area contributed by atoms with Crippen molar-refractivity contribution in [3.05, 3.63) is 11.6 Å². The molecule has 0 bridgehead atoms. The lowest BCUT2D eigenvalue weighted by atomic mass is 9.95. The highest BCUT2D eigenvalue weighted by atomic mass is 19.4. The lowest BCUT2D eigenvalue weighted by Crippen LogP contribution is -2.54. The molecule has 2 nitrogen and oxygen atoms in total. The zero-order valence-corrected chi connectivity index (χ0v) is 9.25. The quantitative estimate of drug-likeness (QED) is 0.451. The molecule has 0 heterocycles. The van der Waals surface area contributed by atoms with Gasteiger partial charge in [0.25, 0.3) is 0 Å². The lowest BCUT2D eigenvalue weighted by molar-refractivity contribution is -0.326. The maximum atomic E-state index is 13.3. The number of carbonyl (C=O) groups excluding carboxylic acids is 1. The Kier molecular flexibility index (Phi) is 4.78. The summed E-state index contributed by atoms with van der Waals surface area (Å²) >= 11 is 0. The summed E-state index contributed by atoms with van der Waals surface area (Å²) < 4.78 is 90.6. The summed E-state index contributed by atoms with van der Waals surface area (Å²) in [6, 6.07) is 0. The molecule has 0 saturated heterocycles. The van der Waals surface area contributed by atoms with Crippen LogP contribution in [0.1, 0.15) is 13.8 Å². The van der Waals surface area contributed by atoms with Crippen molar-refractivity contribution in [2.45, 2.75) is 31.9 Å². The van der Waals surface area contributed by atoms with Crippen molar-refractivity contribution in [3.8, 4) is 0 Å². The van der Waals surface area contributed by atoms with Crippen molar-refractivity contribution in [2.24, 2.45) is 0 Å². The van der Waals surface area contributed by atoms with Crippen LogP contribution in [0.3, 0.4) is 0 Å². The topological polar surface area (TPSA) is 26.3 Å². The monoisotopic (exact) mass is 282 g/mol. The first kappa shape index (κ1) is 16.7. The number of hydrogen-bond donors (Lipinski definition) is 0. The second-order valence-electron chi connectivity index (χ2n) is 3.23. The van der Waals surface area contributed by atoms with E-state index >= 15 is 0 Å². The molecule has 0 aliphatic rings. The van der Waals surface area contributed by atoms with Crippen LogP contribution in [-0.2, 0) is 9.53 Å². The van der Waals surface area contributed by atoms with Gasteiger partial charge in [-0.05, 0) is 19.4 Å². The maximum absolute atomic E-state index is 13.3. The molecule has 0 saturated carbocycles. The van der Waals surface area contributed by atoms with E-state index in [0.29, 0.717) is 0 Å². The lowest BCUT2D eigenvalue weighted by Gasteiger charge is -2.30. The van der Waals surface area contributed by atoms with Gasteiger partial charge >= 0.3 is 24.0 Å². The third-order valence-electron chi connectivity index (χ3n) is 1.95. The second-order valence-corrected chi connectivity index (χ2v) is 3.23. The van der Waals surface area contributed by atoms with Crippen molar-refractivity contribution in [3.63, 3.8) is 0 Å². The Labute approximate surface area is 97.4 Å². The summed E-state index contributed by atoms with van der Waals surface area (Å²) in [7, 11) is 0. The molecule has 0 radical (unpaired) electrons. The van der Waals surface area contributed by atoms with Gasteiger partial charge in [-0.1, -0.05) is 0 Å². The number of ether oxygens (including phenoxy) is 1. The van der Waals surface area contributed by atoms with E-state index in [0.717, 1.165) is 0 Å². The molecule has 0 N–H and O–H groups in total. The highest BCUT2D eigenvalue weighted by molar-refractivity contribution is 5.83. The van der Waals surface area contributed by atoms with Gasteiger partial charge in [-0.25, -0.2) is 9.18 Å². The molecule has 0 aromatic carbocycles. The van der Waals surface area contributed by atoms with Crippen molar-refractivity contribution in [1.29, 1.82) is 0 Å². The molecule has 0 spiro atoms. The molecule has 0 aromatic rings. The predicted molar refractivity (Wildman–Crippen MR) is 46.3 cm³/mol. The summed E-state index contributed by atoms with van der Waals surface area (Å²) in [6.45, 7) is 1.25. The van der Waals surface area contributed by atoms with E-state index in [4.69, 9.17) is 0 Å². The Bertz CT molecular complexity index is 326. The Morgan fingerprint density at radius 2 is 1.44 bits per heavy atom. The highest BCUT2D eigenvalue weighted by Crippen LogP contribution is 2.50. The Morgan fingerprint density at radius 1 is 1.06 bits per heavy atom. The van der Waals surface area contributed by atoms with Gasteiger partial charge in [-0.15, -0.1) is 0 Å². The van der Waals surface area contributed by atoms with E-state index in [9.17, 15) is 35.5 Å². The van der Waals surface area contributed by atoms with Crippen LogP contribution in [0, 0.1) is 0 Å². The first-order chi connectivity index (χ1) is 7.88. The normalized spacial score (nSPS) is 14.6. The van der Waals surface area contributed by atoms with Crippen LogP contribution in [0.15, 0.2) is 11.6 Å². The van der Waals surface area contributed by atoms with E-state index in [-0.39, 0.29) is 19.6 Å². The van der Waals surface area contributed by atoms with Gasteiger partial charge in [0, 0.05) is 6.08 Å². The van der Waals surface area contributed by atoms with Gasteiger partial charge in [-0.2, -0.15) is 26.3 Å². The fourth-order valence-corrected chi connectivity index (χ4v) is 1.07. The van der Waals surface area contributed by atoms with E-state index in [2.05, 4.69) is 4.74 Å². The molecule has 106 valence electrons. The maximum Gasteiger partial charge on any atom is 0.435 e. The first-order valence-electron chi connectivity index (χ1n) is 4.55. The molecule has 0 atom stereocenters. The Balaban J connectivity index is 5.58. The van der Waals surface area contributed by atoms with Gasteiger partial charge in [-0.3, -0.25) is 0 Å². The van der Waals surface area contributed by atoms with Crippen LogP contribution >= 0.6 is 0 Å². The van der Waals surface area contributed by atoms with Gasteiger partial charge in [0.1, 0.15) is 0 Å². The Morgan fingerprint density at radius 3 is 1.72 bits per heavy atom. The molecule has 0 aliphatic carbocycles. The van der Waals surface area contributed by atoms with E-state index in [1.165, 1.54) is 6.92 Å². The summed E-state index contributed by atoms with van der Waals surface area (Å²) in [6.07, 6.45) is -12.6. The van der Waals surface area contributed by atoms with Crippen LogP contribution < -0.4 is 0 Å². The smallest absolute Gasteiger partial charge is 0.435 e. The minimum Gasteiger partial charge on any atom is -0.463 e. The highest BCUT2D eigenvalue weighted by Gasteiger charge is 2.73.